The highest BCUT2D eigenvalue weighted by atomic mass is 14.1. The summed E-state index contributed by atoms with van der Waals surface area (Å²) in [5.41, 5.74) is 4.86. The molecule has 0 amide bonds. The van der Waals surface area contributed by atoms with Gasteiger partial charge in [0.25, 0.3) is 0 Å². The van der Waals surface area contributed by atoms with Gasteiger partial charge in [0.15, 0.2) is 0 Å². The van der Waals surface area contributed by atoms with Gasteiger partial charge in [-0.3, -0.25) is 0 Å². The van der Waals surface area contributed by atoms with Gasteiger partial charge in [-0.2, -0.15) is 0 Å². The van der Waals surface area contributed by atoms with E-state index in [1.807, 2.05) is 12.1 Å². The van der Waals surface area contributed by atoms with Crippen LogP contribution in [0, 0.1) is 0 Å². The second kappa shape index (κ2) is 8.84. The van der Waals surface area contributed by atoms with Crippen LogP contribution in [-0.4, -0.2) is 0 Å². The van der Waals surface area contributed by atoms with Crippen molar-refractivity contribution in [3.8, 4) is 0 Å². The van der Waals surface area contributed by atoms with Gasteiger partial charge in [-0.1, -0.05) is 133 Å². The molecule has 6 rings (SSSR count). The van der Waals surface area contributed by atoms with Gasteiger partial charge in [0.2, 0.25) is 0 Å². The zero-order valence-electron chi connectivity index (χ0n) is 18.9. The molecule has 6 aromatic carbocycles. The Bertz CT molecular complexity index is 1540. The maximum absolute atomic E-state index is 2.27. The van der Waals surface area contributed by atoms with E-state index in [2.05, 4.69) is 133 Å². The van der Waals surface area contributed by atoms with E-state index in [1.54, 1.807) is 0 Å². The number of fused-ring (bicyclic) bond motifs is 5. The second-order valence-electron chi connectivity index (χ2n) is 8.68. The molecule has 0 nitrogen and oxygen atoms in total. The molecule has 0 unspecified atom stereocenters. The van der Waals surface area contributed by atoms with Crippen molar-refractivity contribution in [3.63, 3.8) is 0 Å². The summed E-state index contributed by atoms with van der Waals surface area (Å²) in [6.45, 7) is 0. The van der Waals surface area contributed by atoms with Crippen LogP contribution in [0.4, 0.5) is 0 Å². The van der Waals surface area contributed by atoms with Gasteiger partial charge in [0, 0.05) is 0 Å². The lowest BCUT2D eigenvalue weighted by molar-refractivity contribution is 1.66. The lowest BCUT2D eigenvalue weighted by atomic mass is 9.95. The highest BCUT2D eigenvalue weighted by Crippen LogP contribution is 2.32. The number of hydrogen-bond acceptors (Lipinski definition) is 0. The third kappa shape index (κ3) is 4.02. The quantitative estimate of drug-likeness (QED) is 0.192. The Morgan fingerprint density at radius 2 is 0.676 bits per heavy atom. The molecule has 0 spiro atoms. The molecule has 160 valence electrons. The van der Waals surface area contributed by atoms with Crippen LogP contribution in [0.1, 0.15) is 22.3 Å². The maximum Gasteiger partial charge on any atom is -0.00990 e. The molecule has 0 heteroatoms. The van der Waals surface area contributed by atoms with E-state index >= 15 is 0 Å². The normalized spacial score (nSPS) is 11.9. The number of hydrogen-bond donors (Lipinski definition) is 0. The van der Waals surface area contributed by atoms with Crippen molar-refractivity contribution in [2.24, 2.45) is 0 Å². The van der Waals surface area contributed by atoms with Crippen molar-refractivity contribution in [2.45, 2.75) is 0 Å². The van der Waals surface area contributed by atoms with Crippen molar-refractivity contribution < 1.29 is 0 Å². The average Bonchev–Trinajstić information content (AvgIpc) is 2.91. The molecule has 0 saturated carbocycles. The maximum atomic E-state index is 2.27. The van der Waals surface area contributed by atoms with Crippen LogP contribution in [-0.2, 0) is 0 Å². The highest BCUT2D eigenvalue weighted by Gasteiger charge is 2.05. The van der Waals surface area contributed by atoms with Crippen LogP contribution < -0.4 is 0 Å². The first-order valence-electron chi connectivity index (χ1n) is 11.7. The van der Waals surface area contributed by atoms with E-state index < -0.39 is 0 Å². The SMILES string of the molecule is C(=Cc1ccc2c(ccc3c4ccc(C=Cc5ccccc5)cc4ccc23)c1)c1ccccc1. The van der Waals surface area contributed by atoms with E-state index in [9.17, 15) is 0 Å². The molecule has 0 heterocycles. The molecule has 0 atom stereocenters. The van der Waals surface area contributed by atoms with Crippen LogP contribution in [0.2, 0.25) is 0 Å². The Hall–Kier alpha value is -4.42. The Morgan fingerprint density at radius 3 is 1.12 bits per heavy atom. The van der Waals surface area contributed by atoms with Crippen LogP contribution in [0.3, 0.4) is 0 Å². The van der Waals surface area contributed by atoms with Crippen LogP contribution in [0.25, 0.3) is 56.6 Å². The summed E-state index contributed by atoms with van der Waals surface area (Å²) in [7, 11) is 0. The molecule has 0 bridgehead atoms. The summed E-state index contributed by atoms with van der Waals surface area (Å²) in [5.74, 6) is 0. The van der Waals surface area contributed by atoms with Gasteiger partial charge in [-0.15, -0.1) is 0 Å². The minimum absolute atomic E-state index is 1.21. The van der Waals surface area contributed by atoms with Gasteiger partial charge in [0.05, 0.1) is 0 Å². The molecule has 0 N–H and O–H groups in total. The minimum Gasteiger partial charge on any atom is -0.0622 e. The predicted octanol–water partition coefficient (Wildman–Crippen LogP) is 9.49. The summed E-state index contributed by atoms with van der Waals surface area (Å²) in [6, 6.07) is 43.4. The first-order chi connectivity index (χ1) is 16.8. The first kappa shape index (κ1) is 20.2. The average molecular weight is 433 g/mol. The zero-order chi connectivity index (χ0) is 22.7. The Morgan fingerprint density at radius 1 is 0.294 bits per heavy atom. The third-order valence-electron chi connectivity index (χ3n) is 6.42. The lowest BCUT2D eigenvalue weighted by Crippen LogP contribution is -1.83. The van der Waals surface area contributed by atoms with Gasteiger partial charge in [-0.05, 0) is 66.7 Å². The summed E-state index contributed by atoms with van der Waals surface area (Å²) in [6.07, 6.45) is 8.70. The topological polar surface area (TPSA) is 0 Å². The fraction of sp³-hybridized carbons (Fsp3) is 0. The van der Waals surface area contributed by atoms with Crippen molar-refractivity contribution in [1.29, 1.82) is 0 Å². The number of rotatable bonds is 4. The van der Waals surface area contributed by atoms with Crippen molar-refractivity contribution in [2.75, 3.05) is 0 Å². The first-order valence-corrected chi connectivity index (χ1v) is 11.7. The molecule has 34 heavy (non-hydrogen) atoms. The fourth-order valence-electron chi connectivity index (χ4n) is 4.64. The molecule has 0 aliphatic rings. The summed E-state index contributed by atoms with van der Waals surface area (Å²) < 4.78 is 0. The second-order valence-corrected chi connectivity index (χ2v) is 8.68. The Balaban J connectivity index is 1.36. The Kier molecular flexibility index (Phi) is 5.26. The fourth-order valence-corrected chi connectivity index (χ4v) is 4.64. The van der Waals surface area contributed by atoms with E-state index in [4.69, 9.17) is 0 Å². The number of benzene rings is 6. The summed E-state index contributed by atoms with van der Waals surface area (Å²) >= 11 is 0. The summed E-state index contributed by atoms with van der Waals surface area (Å²) in [5, 5.41) is 7.73. The van der Waals surface area contributed by atoms with Crippen molar-refractivity contribution in [3.05, 3.63) is 144 Å². The smallest absolute Gasteiger partial charge is 0.00990 e. The van der Waals surface area contributed by atoms with E-state index in [1.165, 1.54) is 54.6 Å². The molecular formula is C34H24. The molecule has 0 aliphatic heterocycles. The van der Waals surface area contributed by atoms with Crippen LogP contribution >= 0.6 is 0 Å². The van der Waals surface area contributed by atoms with Crippen LogP contribution in [0.15, 0.2) is 121 Å². The molecule has 0 aromatic heterocycles. The molecular weight excluding hydrogens is 408 g/mol. The standard InChI is InChI=1S/C34H24/c1-3-7-25(8-4-1)11-13-27-15-19-31-29(23-27)17-21-34-32-20-16-28(24-30(32)18-22-33(31)34)14-12-26-9-5-2-6-10-26/h1-24H. The van der Waals surface area contributed by atoms with Gasteiger partial charge in [-0.25, -0.2) is 0 Å². The van der Waals surface area contributed by atoms with E-state index in [0.29, 0.717) is 0 Å². The minimum atomic E-state index is 1.21. The van der Waals surface area contributed by atoms with Gasteiger partial charge >= 0.3 is 0 Å². The molecule has 0 saturated heterocycles. The van der Waals surface area contributed by atoms with Gasteiger partial charge < -0.3 is 0 Å². The monoisotopic (exact) mass is 432 g/mol. The highest BCUT2D eigenvalue weighted by molar-refractivity contribution is 6.17. The van der Waals surface area contributed by atoms with Crippen molar-refractivity contribution >= 4 is 56.6 Å². The van der Waals surface area contributed by atoms with Crippen LogP contribution in [0.5, 0.6) is 0 Å². The lowest BCUT2D eigenvalue weighted by Gasteiger charge is -2.09. The van der Waals surface area contributed by atoms with Gasteiger partial charge in [0.1, 0.15) is 0 Å². The summed E-state index contributed by atoms with van der Waals surface area (Å²) in [4.78, 5) is 0. The third-order valence-corrected chi connectivity index (χ3v) is 6.42. The largest absolute Gasteiger partial charge is 0.0622 e. The van der Waals surface area contributed by atoms with E-state index in [-0.39, 0.29) is 0 Å². The molecule has 0 fully saturated rings. The molecule has 0 radical (unpaired) electrons. The zero-order valence-corrected chi connectivity index (χ0v) is 18.9. The van der Waals surface area contributed by atoms with Crippen molar-refractivity contribution in [1.82, 2.24) is 0 Å². The van der Waals surface area contributed by atoms with E-state index in [0.717, 1.165) is 0 Å². The Labute approximate surface area is 200 Å². The molecule has 6 aromatic rings. The predicted molar refractivity (Wildman–Crippen MR) is 150 cm³/mol. The molecule has 0 aliphatic carbocycles.